The van der Waals surface area contributed by atoms with Gasteiger partial charge in [-0.05, 0) is 30.7 Å². The van der Waals surface area contributed by atoms with Gasteiger partial charge in [0.1, 0.15) is 5.75 Å². The second-order valence-electron chi connectivity index (χ2n) is 7.77. The molecule has 1 aromatic heterocycles. The SMILES string of the molecule is COc1cccc(Cn2cc(C(=O)c3ccc(C)cc3)c(=O)c3cc4c(cc32)OCO4)c1. The van der Waals surface area contributed by atoms with Crippen molar-refractivity contribution in [2.45, 2.75) is 13.5 Å². The summed E-state index contributed by atoms with van der Waals surface area (Å²) in [6, 6.07) is 18.3. The maximum absolute atomic E-state index is 13.4. The number of carbonyl (C=O) groups is 1. The maximum atomic E-state index is 13.4. The minimum absolute atomic E-state index is 0.102. The Morgan fingerprint density at radius 2 is 1.78 bits per heavy atom. The highest BCUT2D eigenvalue weighted by atomic mass is 16.7. The van der Waals surface area contributed by atoms with Crippen molar-refractivity contribution in [1.82, 2.24) is 4.57 Å². The molecule has 6 heteroatoms. The van der Waals surface area contributed by atoms with Gasteiger partial charge >= 0.3 is 0 Å². The summed E-state index contributed by atoms with van der Waals surface area (Å²) in [4.78, 5) is 26.6. The van der Waals surface area contributed by atoms with Crippen LogP contribution in [-0.2, 0) is 6.54 Å². The van der Waals surface area contributed by atoms with Gasteiger partial charge in [0, 0.05) is 24.4 Å². The van der Waals surface area contributed by atoms with Gasteiger partial charge in [-0.2, -0.15) is 0 Å². The van der Waals surface area contributed by atoms with Gasteiger partial charge in [0.15, 0.2) is 17.3 Å². The summed E-state index contributed by atoms with van der Waals surface area (Å²) in [6.45, 7) is 2.50. The van der Waals surface area contributed by atoms with Crippen LogP contribution in [0.2, 0.25) is 0 Å². The van der Waals surface area contributed by atoms with Crippen molar-refractivity contribution in [3.63, 3.8) is 0 Å². The highest BCUT2D eigenvalue weighted by molar-refractivity contribution is 6.10. The molecule has 0 bridgehead atoms. The molecule has 0 spiro atoms. The predicted octanol–water partition coefficient (Wildman–Crippen LogP) is 4.33. The standard InChI is InChI=1S/C26H21NO5/c1-16-6-8-18(9-7-16)25(28)21-14-27(13-17-4-3-5-19(10-17)30-2)22-12-24-23(31-15-32-24)11-20(22)26(21)29/h3-12,14H,13,15H2,1-2H3. The van der Waals surface area contributed by atoms with Crippen molar-refractivity contribution in [3.8, 4) is 17.2 Å². The highest BCUT2D eigenvalue weighted by Crippen LogP contribution is 2.35. The molecule has 1 aliphatic rings. The predicted molar refractivity (Wildman–Crippen MR) is 121 cm³/mol. The van der Waals surface area contributed by atoms with Gasteiger partial charge in [0.2, 0.25) is 12.2 Å². The van der Waals surface area contributed by atoms with E-state index in [9.17, 15) is 9.59 Å². The van der Waals surface area contributed by atoms with Crippen LogP contribution in [0.15, 0.2) is 71.7 Å². The minimum atomic E-state index is -0.328. The fourth-order valence-corrected chi connectivity index (χ4v) is 3.90. The van der Waals surface area contributed by atoms with E-state index in [1.54, 1.807) is 37.6 Å². The average molecular weight is 427 g/mol. The van der Waals surface area contributed by atoms with Crippen LogP contribution in [0.3, 0.4) is 0 Å². The summed E-state index contributed by atoms with van der Waals surface area (Å²) in [5, 5.41) is 0.412. The normalized spacial score (nSPS) is 12.2. The largest absolute Gasteiger partial charge is 0.497 e. The molecular formula is C26H21NO5. The highest BCUT2D eigenvalue weighted by Gasteiger charge is 2.21. The summed E-state index contributed by atoms with van der Waals surface area (Å²) in [5.41, 5.74) is 2.95. The lowest BCUT2D eigenvalue weighted by atomic mass is 10.0. The Bertz CT molecular complexity index is 1400. The number of pyridine rings is 1. The molecule has 32 heavy (non-hydrogen) atoms. The summed E-state index contributed by atoms with van der Waals surface area (Å²) in [7, 11) is 1.62. The Morgan fingerprint density at radius 3 is 2.53 bits per heavy atom. The number of carbonyl (C=O) groups excluding carboxylic acids is 1. The van der Waals surface area contributed by atoms with Gasteiger partial charge in [-0.1, -0.05) is 42.0 Å². The van der Waals surface area contributed by atoms with Gasteiger partial charge in [-0.15, -0.1) is 0 Å². The fraction of sp³-hybridized carbons (Fsp3) is 0.154. The minimum Gasteiger partial charge on any atom is -0.497 e. The van der Waals surface area contributed by atoms with E-state index in [1.807, 2.05) is 47.9 Å². The molecule has 0 N–H and O–H groups in total. The number of hydrogen-bond acceptors (Lipinski definition) is 5. The molecule has 0 unspecified atom stereocenters. The van der Waals surface area contributed by atoms with Gasteiger partial charge in [0.05, 0.1) is 23.6 Å². The molecule has 0 fully saturated rings. The molecule has 1 aliphatic heterocycles. The first kappa shape index (κ1) is 19.9. The molecular weight excluding hydrogens is 406 g/mol. The van der Waals surface area contributed by atoms with Crippen LogP contribution in [-0.4, -0.2) is 24.3 Å². The number of methoxy groups -OCH3 is 1. The summed E-state index contributed by atoms with van der Waals surface area (Å²) in [6.07, 6.45) is 1.63. The van der Waals surface area contributed by atoms with E-state index in [0.717, 1.165) is 16.9 Å². The molecule has 0 saturated heterocycles. The Balaban J connectivity index is 1.70. The van der Waals surface area contributed by atoms with Crippen molar-refractivity contribution in [2.24, 2.45) is 0 Å². The van der Waals surface area contributed by atoms with E-state index < -0.39 is 0 Å². The van der Waals surface area contributed by atoms with Crippen molar-refractivity contribution >= 4 is 16.7 Å². The number of rotatable bonds is 5. The summed E-state index contributed by atoms with van der Waals surface area (Å²) >= 11 is 0. The molecule has 6 nitrogen and oxygen atoms in total. The molecule has 0 atom stereocenters. The lowest BCUT2D eigenvalue weighted by Gasteiger charge is -2.15. The molecule has 0 saturated carbocycles. The molecule has 2 heterocycles. The zero-order valence-corrected chi connectivity index (χ0v) is 17.8. The number of aryl methyl sites for hydroxylation is 1. The lowest BCUT2D eigenvalue weighted by molar-refractivity contribution is 0.103. The Labute approximate surface area is 184 Å². The Morgan fingerprint density at radius 1 is 1.03 bits per heavy atom. The van der Waals surface area contributed by atoms with Crippen LogP contribution in [0.5, 0.6) is 17.2 Å². The van der Waals surface area contributed by atoms with E-state index in [-0.39, 0.29) is 23.6 Å². The Hall–Kier alpha value is -4.06. The van der Waals surface area contributed by atoms with Crippen molar-refractivity contribution < 1.29 is 19.0 Å². The first-order chi connectivity index (χ1) is 15.5. The zero-order valence-electron chi connectivity index (χ0n) is 17.8. The molecule has 4 aromatic rings. The molecule has 5 rings (SSSR count). The topological polar surface area (TPSA) is 66.8 Å². The second-order valence-corrected chi connectivity index (χ2v) is 7.77. The number of nitrogens with zero attached hydrogens (tertiary/aromatic N) is 1. The number of ether oxygens (including phenoxy) is 3. The van der Waals surface area contributed by atoms with Crippen LogP contribution in [0, 0.1) is 6.92 Å². The van der Waals surface area contributed by atoms with Crippen molar-refractivity contribution in [1.29, 1.82) is 0 Å². The number of fused-ring (bicyclic) bond motifs is 2. The van der Waals surface area contributed by atoms with Crippen LogP contribution in [0.25, 0.3) is 10.9 Å². The monoisotopic (exact) mass is 427 g/mol. The van der Waals surface area contributed by atoms with Crippen LogP contribution >= 0.6 is 0 Å². The quantitative estimate of drug-likeness (QED) is 0.444. The Kier molecular flexibility index (Phi) is 4.90. The smallest absolute Gasteiger partial charge is 0.231 e. The third kappa shape index (κ3) is 3.50. The zero-order chi connectivity index (χ0) is 22.2. The van der Waals surface area contributed by atoms with Gasteiger partial charge in [-0.25, -0.2) is 0 Å². The third-order valence-corrected chi connectivity index (χ3v) is 5.62. The van der Waals surface area contributed by atoms with E-state index in [4.69, 9.17) is 14.2 Å². The lowest BCUT2D eigenvalue weighted by Crippen LogP contribution is -2.20. The molecule has 160 valence electrons. The van der Waals surface area contributed by atoms with Crippen LogP contribution < -0.4 is 19.6 Å². The van der Waals surface area contributed by atoms with E-state index in [1.165, 1.54) is 0 Å². The van der Waals surface area contributed by atoms with E-state index in [2.05, 4.69) is 0 Å². The molecule has 0 aliphatic carbocycles. The third-order valence-electron chi connectivity index (χ3n) is 5.62. The number of aromatic nitrogens is 1. The summed E-state index contributed by atoms with van der Waals surface area (Å²) < 4.78 is 18.2. The molecule has 0 amide bonds. The van der Waals surface area contributed by atoms with Gasteiger partial charge < -0.3 is 18.8 Å². The fourth-order valence-electron chi connectivity index (χ4n) is 3.90. The summed E-state index contributed by atoms with van der Waals surface area (Å²) in [5.74, 6) is 1.51. The van der Waals surface area contributed by atoms with E-state index in [0.29, 0.717) is 34.5 Å². The number of ketones is 1. The average Bonchev–Trinajstić information content (AvgIpc) is 3.28. The van der Waals surface area contributed by atoms with Gasteiger partial charge in [0.25, 0.3) is 0 Å². The molecule has 3 aromatic carbocycles. The number of hydrogen-bond donors (Lipinski definition) is 0. The first-order valence-corrected chi connectivity index (χ1v) is 10.2. The van der Waals surface area contributed by atoms with Crippen molar-refractivity contribution in [3.05, 3.63) is 99.3 Å². The van der Waals surface area contributed by atoms with Crippen LogP contribution in [0.1, 0.15) is 27.0 Å². The number of benzene rings is 3. The second kappa shape index (κ2) is 7.89. The van der Waals surface area contributed by atoms with Gasteiger partial charge in [-0.3, -0.25) is 9.59 Å². The van der Waals surface area contributed by atoms with E-state index >= 15 is 0 Å². The first-order valence-electron chi connectivity index (χ1n) is 10.2. The van der Waals surface area contributed by atoms with Crippen LogP contribution in [0.4, 0.5) is 0 Å². The molecule has 0 radical (unpaired) electrons. The van der Waals surface area contributed by atoms with Crippen molar-refractivity contribution in [2.75, 3.05) is 13.9 Å². The maximum Gasteiger partial charge on any atom is 0.231 e.